The van der Waals surface area contributed by atoms with Crippen molar-refractivity contribution in [3.8, 4) is 0 Å². The van der Waals surface area contributed by atoms with E-state index in [1.807, 2.05) is 0 Å². The Labute approximate surface area is 99.4 Å². The molecule has 2 rings (SSSR count). The molecule has 2 nitrogen and oxygen atoms in total. The summed E-state index contributed by atoms with van der Waals surface area (Å²) < 4.78 is 5.46. The van der Waals surface area contributed by atoms with Crippen LogP contribution in [0.2, 0.25) is 0 Å². The van der Waals surface area contributed by atoms with Gasteiger partial charge < -0.3 is 10.1 Å². The summed E-state index contributed by atoms with van der Waals surface area (Å²) in [5.74, 6) is 1.75. The molecule has 16 heavy (non-hydrogen) atoms. The molecule has 2 aliphatic rings. The first-order valence-electron chi connectivity index (χ1n) is 6.74. The summed E-state index contributed by atoms with van der Waals surface area (Å²) >= 11 is 0. The van der Waals surface area contributed by atoms with Crippen molar-refractivity contribution in [2.45, 2.75) is 45.6 Å². The zero-order valence-corrected chi connectivity index (χ0v) is 10.7. The fourth-order valence-electron chi connectivity index (χ4n) is 2.96. The molecule has 1 fully saturated rings. The lowest BCUT2D eigenvalue weighted by atomic mass is 9.80. The number of nitrogens with one attached hydrogen (secondary N) is 1. The Bertz CT molecular complexity index is 249. The van der Waals surface area contributed by atoms with E-state index in [0.29, 0.717) is 0 Å². The van der Waals surface area contributed by atoms with Crippen molar-refractivity contribution >= 4 is 0 Å². The monoisotopic (exact) mass is 223 g/mol. The summed E-state index contributed by atoms with van der Waals surface area (Å²) in [5.41, 5.74) is 1.44. The van der Waals surface area contributed by atoms with Crippen LogP contribution >= 0.6 is 0 Å². The molecule has 2 heteroatoms. The summed E-state index contributed by atoms with van der Waals surface area (Å²) in [6.07, 6.45) is 7.54. The Morgan fingerprint density at radius 2 is 2.25 bits per heavy atom. The fourth-order valence-corrected chi connectivity index (χ4v) is 2.96. The zero-order chi connectivity index (χ0) is 11.4. The summed E-state index contributed by atoms with van der Waals surface area (Å²) in [6, 6.07) is 0.721. The van der Waals surface area contributed by atoms with Crippen molar-refractivity contribution in [3.63, 3.8) is 0 Å². The molecule has 3 unspecified atom stereocenters. The van der Waals surface area contributed by atoms with Gasteiger partial charge in [-0.25, -0.2) is 0 Å². The van der Waals surface area contributed by atoms with Gasteiger partial charge in [-0.1, -0.05) is 19.9 Å². The number of rotatable bonds is 3. The molecule has 92 valence electrons. The predicted octanol–water partition coefficient (Wildman–Crippen LogP) is 2.75. The van der Waals surface area contributed by atoms with Crippen LogP contribution in [0.15, 0.2) is 11.6 Å². The van der Waals surface area contributed by atoms with E-state index in [0.717, 1.165) is 44.1 Å². The largest absolute Gasteiger partial charge is 0.377 e. The average Bonchev–Trinajstić information content (AvgIpc) is 2.29. The van der Waals surface area contributed by atoms with Crippen LogP contribution in [0.1, 0.15) is 39.5 Å². The molecule has 0 aromatic rings. The van der Waals surface area contributed by atoms with Gasteiger partial charge in [0.25, 0.3) is 0 Å². The van der Waals surface area contributed by atoms with Gasteiger partial charge in [0.2, 0.25) is 0 Å². The third kappa shape index (κ3) is 3.33. The van der Waals surface area contributed by atoms with E-state index in [1.165, 1.54) is 24.8 Å². The lowest BCUT2D eigenvalue weighted by Crippen LogP contribution is -2.40. The van der Waals surface area contributed by atoms with Crippen molar-refractivity contribution in [1.82, 2.24) is 5.32 Å². The predicted molar refractivity (Wildman–Crippen MR) is 67.5 cm³/mol. The molecule has 1 heterocycles. The maximum atomic E-state index is 5.46. The summed E-state index contributed by atoms with van der Waals surface area (Å²) in [5, 5.41) is 3.71. The molecule has 0 spiro atoms. The first kappa shape index (κ1) is 12.1. The van der Waals surface area contributed by atoms with Crippen LogP contribution in [-0.2, 0) is 4.74 Å². The van der Waals surface area contributed by atoms with E-state index < -0.39 is 0 Å². The van der Waals surface area contributed by atoms with E-state index in [2.05, 4.69) is 25.2 Å². The molecule has 0 aromatic carbocycles. The quantitative estimate of drug-likeness (QED) is 0.743. The minimum absolute atomic E-state index is 0.721. The molecular weight excluding hydrogens is 198 g/mol. The van der Waals surface area contributed by atoms with Crippen molar-refractivity contribution in [2.75, 3.05) is 19.8 Å². The van der Waals surface area contributed by atoms with Crippen molar-refractivity contribution < 1.29 is 4.74 Å². The summed E-state index contributed by atoms with van der Waals surface area (Å²) in [6.45, 7) is 7.54. The van der Waals surface area contributed by atoms with E-state index in [4.69, 9.17) is 4.74 Å². The van der Waals surface area contributed by atoms with E-state index in [1.54, 1.807) is 0 Å². The van der Waals surface area contributed by atoms with Crippen LogP contribution in [0.5, 0.6) is 0 Å². The van der Waals surface area contributed by atoms with Gasteiger partial charge in [-0.15, -0.1) is 0 Å². The lowest BCUT2D eigenvalue weighted by molar-refractivity contribution is 0.146. The number of hydrogen-bond donors (Lipinski definition) is 1. The molecule has 1 saturated carbocycles. The molecule has 0 bridgehead atoms. The number of hydrogen-bond acceptors (Lipinski definition) is 2. The Kier molecular flexibility index (Phi) is 4.42. The second-order valence-corrected chi connectivity index (χ2v) is 5.59. The van der Waals surface area contributed by atoms with Gasteiger partial charge in [0.1, 0.15) is 0 Å². The second kappa shape index (κ2) is 5.83. The number of ether oxygens (including phenoxy) is 1. The van der Waals surface area contributed by atoms with Gasteiger partial charge >= 0.3 is 0 Å². The molecule has 0 aromatic heterocycles. The first-order chi connectivity index (χ1) is 7.75. The van der Waals surface area contributed by atoms with Crippen LogP contribution in [0.25, 0.3) is 0 Å². The molecule has 1 aliphatic carbocycles. The smallest absolute Gasteiger partial charge is 0.0689 e. The second-order valence-electron chi connectivity index (χ2n) is 5.59. The lowest BCUT2D eigenvalue weighted by Gasteiger charge is -2.33. The highest BCUT2D eigenvalue weighted by molar-refractivity contribution is 5.07. The average molecular weight is 223 g/mol. The molecule has 1 aliphatic heterocycles. The van der Waals surface area contributed by atoms with E-state index >= 15 is 0 Å². The Balaban J connectivity index is 1.74. The highest BCUT2D eigenvalue weighted by Crippen LogP contribution is 2.28. The van der Waals surface area contributed by atoms with Gasteiger partial charge in [0.15, 0.2) is 0 Å². The van der Waals surface area contributed by atoms with Crippen LogP contribution in [0.4, 0.5) is 0 Å². The summed E-state index contributed by atoms with van der Waals surface area (Å²) in [4.78, 5) is 0. The molecule has 0 radical (unpaired) electrons. The molecule has 0 saturated heterocycles. The van der Waals surface area contributed by atoms with Crippen LogP contribution in [0.3, 0.4) is 0 Å². The topological polar surface area (TPSA) is 21.3 Å². The first-order valence-corrected chi connectivity index (χ1v) is 6.74. The standard InChI is InChI=1S/C14H25NO/c1-11-5-6-14(12(2)8-11)15-9-13-4-3-7-16-10-13/h4,11-12,14-15H,3,5-10H2,1-2H3. The maximum absolute atomic E-state index is 5.46. The Morgan fingerprint density at radius 1 is 1.38 bits per heavy atom. The van der Waals surface area contributed by atoms with Crippen molar-refractivity contribution in [1.29, 1.82) is 0 Å². The maximum Gasteiger partial charge on any atom is 0.0689 e. The van der Waals surface area contributed by atoms with Gasteiger partial charge in [-0.05, 0) is 43.1 Å². The van der Waals surface area contributed by atoms with Gasteiger partial charge in [0.05, 0.1) is 13.2 Å². The third-order valence-corrected chi connectivity index (χ3v) is 4.01. The zero-order valence-electron chi connectivity index (χ0n) is 10.7. The van der Waals surface area contributed by atoms with Gasteiger partial charge in [0, 0.05) is 12.6 Å². The summed E-state index contributed by atoms with van der Waals surface area (Å²) in [7, 11) is 0. The van der Waals surface area contributed by atoms with E-state index in [9.17, 15) is 0 Å². The van der Waals surface area contributed by atoms with Crippen molar-refractivity contribution in [3.05, 3.63) is 11.6 Å². The van der Waals surface area contributed by atoms with Crippen molar-refractivity contribution in [2.24, 2.45) is 11.8 Å². The minimum Gasteiger partial charge on any atom is -0.377 e. The Morgan fingerprint density at radius 3 is 2.94 bits per heavy atom. The van der Waals surface area contributed by atoms with Gasteiger partial charge in [-0.2, -0.15) is 0 Å². The van der Waals surface area contributed by atoms with Crippen LogP contribution in [0, 0.1) is 11.8 Å². The fraction of sp³-hybridized carbons (Fsp3) is 0.857. The van der Waals surface area contributed by atoms with E-state index in [-0.39, 0.29) is 0 Å². The minimum atomic E-state index is 0.721. The van der Waals surface area contributed by atoms with Crippen LogP contribution in [-0.4, -0.2) is 25.8 Å². The highest BCUT2D eigenvalue weighted by atomic mass is 16.5. The molecule has 0 amide bonds. The third-order valence-electron chi connectivity index (χ3n) is 4.01. The molecule has 1 N–H and O–H groups in total. The highest BCUT2D eigenvalue weighted by Gasteiger charge is 2.24. The SMILES string of the molecule is CC1CCC(NCC2=CCCOC2)C(C)C1. The molecular formula is C14H25NO. The molecule has 3 atom stereocenters. The van der Waals surface area contributed by atoms with Crippen LogP contribution < -0.4 is 5.32 Å². The Hall–Kier alpha value is -0.340. The normalized spacial score (nSPS) is 35.9. The van der Waals surface area contributed by atoms with Gasteiger partial charge in [-0.3, -0.25) is 0 Å².